The molecule has 4 aromatic rings. The van der Waals surface area contributed by atoms with E-state index in [1.165, 1.54) is 4.90 Å². The van der Waals surface area contributed by atoms with Crippen molar-refractivity contribution in [3.05, 3.63) is 125 Å². The summed E-state index contributed by atoms with van der Waals surface area (Å²) in [7, 11) is 0. The van der Waals surface area contributed by atoms with E-state index in [1.54, 1.807) is 17.2 Å². The molecule has 1 saturated heterocycles. The number of carbonyl (C=O) groups is 2. The van der Waals surface area contributed by atoms with Crippen LogP contribution in [0.25, 0.3) is 11.1 Å². The van der Waals surface area contributed by atoms with Gasteiger partial charge >= 0.3 is 0 Å². The average molecular weight is 641 g/mol. The molecule has 0 aliphatic carbocycles. The van der Waals surface area contributed by atoms with Crippen LogP contribution in [0.4, 0.5) is 0 Å². The Morgan fingerprint density at radius 1 is 0.761 bits per heavy atom. The highest BCUT2D eigenvalue weighted by atomic mass is 32.2. The number of unbranched alkanes of at least 4 members (excludes halogenated alkanes) is 1. The lowest BCUT2D eigenvalue weighted by atomic mass is 9.99. The minimum atomic E-state index is -0.522. The standard InChI is InChI=1S/C37H40N2O6S/c40-24-26-13-15-29(16-14-26)34-22-32(25-46-33-9-2-1-3-10-33)44-37(45-34)30-19-17-28(18-20-30)31-8-6-7-27(21-31)23-38-35(41)11-4-5-12-36(42)39-43/h1-3,6-10,13-21,32,34,37,40,43H,4-5,11-12,22-25H2,(H,38,41)(H,39,42)/t32-,34+,37+/m0/s1. The first kappa shape index (κ1) is 33.4. The zero-order valence-electron chi connectivity index (χ0n) is 25.6. The molecule has 9 heteroatoms. The van der Waals surface area contributed by atoms with Crippen molar-refractivity contribution >= 4 is 23.6 Å². The van der Waals surface area contributed by atoms with Gasteiger partial charge in [-0.05, 0) is 58.9 Å². The van der Waals surface area contributed by atoms with E-state index in [4.69, 9.17) is 14.7 Å². The molecule has 0 unspecified atom stereocenters. The number of aliphatic hydroxyl groups excluding tert-OH is 1. The van der Waals surface area contributed by atoms with Crippen LogP contribution in [0.3, 0.4) is 0 Å². The number of thioether (sulfide) groups is 1. The van der Waals surface area contributed by atoms with Crippen LogP contribution >= 0.6 is 11.8 Å². The first-order valence-electron chi connectivity index (χ1n) is 15.6. The first-order valence-corrected chi connectivity index (χ1v) is 16.6. The van der Waals surface area contributed by atoms with Gasteiger partial charge in [-0.15, -0.1) is 11.8 Å². The van der Waals surface area contributed by atoms with Crippen LogP contribution in [0.2, 0.25) is 0 Å². The molecule has 5 rings (SSSR count). The topological polar surface area (TPSA) is 117 Å². The minimum absolute atomic E-state index is 0.00677. The van der Waals surface area contributed by atoms with Crippen LogP contribution in [0.1, 0.15) is 66.8 Å². The number of carbonyl (C=O) groups excluding carboxylic acids is 2. The largest absolute Gasteiger partial charge is 0.392 e. The summed E-state index contributed by atoms with van der Waals surface area (Å²) in [6, 6.07) is 34.5. The lowest BCUT2D eigenvalue weighted by Gasteiger charge is -2.36. The number of rotatable bonds is 14. The molecule has 46 heavy (non-hydrogen) atoms. The quantitative estimate of drug-likeness (QED) is 0.0515. The van der Waals surface area contributed by atoms with Gasteiger partial charge in [0.05, 0.1) is 18.8 Å². The lowest BCUT2D eigenvalue weighted by Crippen LogP contribution is -2.31. The summed E-state index contributed by atoms with van der Waals surface area (Å²) in [6.45, 7) is 0.418. The first-order chi connectivity index (χ1) is 22.5. The maximum atomic E-state index is 12.3. The normalized spacial score (nSPS) is 17.7. The molecule has 0 saturated carbocycles. The molecule has 8 nitrogen and oxygen atoms in total. The number of benzene rings is 4. The zero-order chi connectivity index (χ0) is 32.1. The van der Waals surface area contributed by atoms with E-state index in [2.05, 4.69) is 35.6 Å². The Bertz CT molecular complexity index is 1550. The van der Waals surface area contributed by atoms with Crippen LogP contribution < -0.4 is 10.8 Å². The third-order valence-corrected chi connectivity index (χ3v) is 9.05. The fourth-order valence-corrected chi connectivity index (χ4v) is 6.28. The zero-order valence-corrected chi connectivity index (χ0v) is 26.5. The molecular weight excluding hydrogens is 600 g/mol. The number of amides is 2. The molecule has 4 aromatic carbocycles. The fourth-order valence-electron chi connectivity index (χ4n) is 5.34. The van der Waals surface area contributed by atoms with Crippen molar-refractivity contribution in [2.24, 2.45) is 0 Å². The molecule has 1 fully saturated rings. The Hall–Kier alpha value is -3.99. The molecule has 1 aliphatic rings. The van der Waals surface area contributed by atoms with Crippen LogP contribution in [-0.4, -0.2) is 34.0 Å². The highest BCUT2D eigenvalue weighted by Crippen LogP contribution is 2.40. The third kappa shape index (κ3) is 9.75. The number of hydrogen-bond acceptors (Lipinski definition) is 7. The van der Waals surface area contributed by atoms with Crippen molar-refractivity contribution in [3.63, 3.8) is 0 Å². The maximum absolute atomic E-state index is 12.3. The summed E-state index contributed by atoms with van der Waals surface area (Å²) < 4.78 is 13.0. The van der Waals surface area contributed by atoms with Crippen LogP contribution in [0.5, 0.6) is 0 Å². The van der Waals surface area contributed by atoms with E-state index in [0.29, 0.717) is 25.8 Å². The molecule has 0 spiro atoms. The van der Waals surface area contributed by atoms with Crippen molar-refractivity contribution in [3.8, 4) is 11.1 Å². The molecule has 240 valence electrons. The number of aliphatic hydroxyl groups is 1. The van der Waals surface area contributed by atoms with Crippen molar-refractivity contribution in [2.45, 2.75) is 68.6 Å². The number of ether oxygens (including phenoxy) is 2. The Morgan fingerprint density at radius 3 is 2.20 bits per heavy atom. The van der Waals surface area contributed by atoms with E-state index in [-0.39, 0.29) is 31.1 Å². The summed E-state index contributed by atoms with van der Waals surface area (Å²) in [5, 5.41) is 21.0. The fraction of sp³-hybridized carbons (Fsp3) is 0.297. The van der Waals surface area contributed by atoms with Gasteiger partial charge in [0.1, 0.15) is 0 Å². The van der Waals surface area contributed by atoms with E-state index in [1.807, 2.05) is 72.8 Å². The second-order valence-corrected chi connectivity index (χ2v) is 12.4. The van der Waals surface area contributed by atoms with Gasteiger partial charge in [0, 0.05) is 42.0 Å². The summed E-state index contributed by atoms with van der Waals surface area (Å²) in [4.78, 5) is 24.6. The summed E-state index contributed by atoms with van der Waals surface area (Å²) >= 11 is 1.78. The van der Waals surface area contributed by atoms with E-state index < -0.39 is 12.2 Å². The molecule has 3 atom stereocenters. The maximum Gasteiger partial charge on any atom is 0.243 e. The van der Waals surface area contributed by atoms with Crippen LogP contribution in [-0.2, 0) is 32.2 Å². The average Bonchev–Trinajstić information content (AvgIpc) is 3.12. The van der Waals surface area contributed by atoms with Crippen molar-refractivity contribution in [2.75, 3.05) is 5.75 Å². The SMILES string of the molecule is O=C(CCCCC(=O)NCc1cccc(-c2ccc([C@@H]3O[C@H](CSc4ccccc4)C[C@H](c4ccc(CO)cc4)O3)cc2)c1)NO. The summed E-state index contributed by atoms with van der Waals surface area (Å²) in [5.74, 6) is 0.285. The smallest absolute Gasteiger partial charge is 0.243 e. The number of hydrogen-bond donors (Lipinski definition) is 4. The Morgan fingerprint density at radius 2 is 1.48 bits per heavy atom. The third-order valence-electron chi connectivity index (χ3n) is 7.91. The highest BCUT2D eigenvalue weighted by Gasteiger charge is 2.32. The Kier molecular flexibility index (Phi) is 12.4. The predicted octanol–water partition coefficient (Wildman–Crippen LogP) is 6.87. The van der Waals surface area contributed by atoms with Crippen LogP contribution in [0, 0.1) is 0 Å². The predicted molar refractivity (Wildman–Crippen MR) is 178 cm³/mol. The minimum Gasteiger partial charge on any atom is -0.392 e. The van der Waals surface area contributed by atoms with E-state index in [0.717, 1.165) is 45.6 Å². The van der Waals surface area contributed by atoms with Gasteiger partial charge in [-0.2, -0.15) is 0 Å². The molecule has 0 aromatic heterocycles. The molecular formula is C37H40N2O6S. The summed E-state index contributed by atoms with van der Waals surface area (Å²) in [5.41, 5.74) is 7.55. The summed E-state index contributed by atoms with van der Waals surface area (Å²) in [6.07, 6.45) is 1.68. The van der Waals surface area contributed by atoms with Gasteiger partial charge in [0.25, 0.3) is 0 Å². The van der Waals surface area contributed by atoms with Gasteiger partial charge in [-0.1, -0.05) is 84.9 Å². The molecule has 4 N–H and O–H groups in total. The van der Waals surface area contributed by atoms with Gasteiger partial charge in [-0.3, -0.25) is 14.8 Å². The molecule has 1 aliphatic heterocycles. The van der Waals surface area contributed by atoms with E-state index in [9.17, 15) is 14.7 Å². The molecule has 0 radical (unpaired) electrons. The Labute approximate surface area is 274 Å². The van der Waals surface area contributed by atoms with Crippen molar-refractivity contribution in [1.29, 1.82) is 0 Å². The number of nitrogens with one attached hydrogen (secondary N) is 2. The monoisotopic (exact) mass is 640 g/mol. The molecule has 0 bridgehead atoms. The second kappa shape index (κ2) is 17.1. The van der Waals surface area contributed by atoms with Crippen molar-refractivity contribution < 1.29 is 29.4 Å². The van der Waals surface area contributed by atoms with E-state index >= 15 is 0 Å². The van der Waals surface area contributed by atoms with Gasteiger partial charge in [-0.25, -0.2) is 5.48 Å². The van der Waals surface area contributed by atoms with Gasteiger partial charge in [0.2, 0.25) is 11.8 Å². The van der Waals surface area contributed by atoms with Crippen molar-refractivity contribution in [1.82, 2.24) is 10.8 Å². The molecule has 2 amide bonds. The highest BCUT2D eigenvalue weighted by molar-refractivity contribution is 7.99. The lowest BCUT2D eigenvalue weighted by molar-refractivity contribution is -0.245. The van der Waals surface area contributed by atoms with Gasteiger partial charge < -0.3 is 19.9 Å². The molecule has 1 heterocycles. The van der Waals surface area contributed by atoms with Gasteiger partial charge in [0.15, 0.2) is 6.29 Å². The number of hydroxylamine groups is 1. The Balaban J connectivity index is 1.22. The second-order valence-electron chi connectivity index (χ2n) is 11.3. The van der Waals surface area contributed by atoms with Crippen LogP contribution in [0.15, 0.2) is 108 Å².